The standard InChI is InChI=1S/C18H29NO3.ClH/c1-2-15-7-9-18(10-8-15)22-12-11-21-14-17(20)13-19-16-5-3-4-6-16;/h7-10,16-17,19-20H,2-6,11-14H2,1H3;1H. The van der Waals surface area contributed by atoms with Crippen LogP contribution in [0.15, 0.2) is 24.3 Å². The molecule has 1 unspecified atom stereocenters. The van der Waals surface area contributed by atoms with Crippen LogP contribution in [0, 0.1) is 0 Å². The van der Waals surface area contributed by atoms with Crippen LogP contribution in [-0.2, 0) is 11.2 Å². The van der Waals surface area contributed by atoms with Crippen LogP contribution in [-0.4, -0.2) is 43.6 Å². The van der Waals surface area contributed by atoms with E-state index >= 15 is 0 Å². The van der Waals surface area contributed by atoms with Gasteiger partial charge in [0.1, 0.15) is 12.4 Å². The van der Waals surface area contributed by atoms with Crippen LogP contribution >= 0.6 is 12.4 Å². The highest BCUT2D eigenvalue weighted by Gasteiger charge is 2.15. The van der Waals surface area contributed by atoms with Crippen LogP contribution in [0.25, 0.3) is 0 Å². The Morgan fingerprint density at radius 3 is 2.52 bits per heavy atom. The van der Waals surface area contributed by atoms with Crippen molar-refractivity contribution in [3.05, 3.63) is 29.8 Å². The Morgan fingerprint density at radius 1 is 1.17 bits per heavy atom. The number of rotatable bonds is 10. The second-order valence-electron chi connectivity index (χ2n) is 5.96. The number of ether oxygens (including phenoxy) is 2. The Balaban J connectivity index is 0.00000264. The number of aryl methyl sites for hydroxylation is 1. The second kappa shape index (κ2) is 11.7. The van der Waals surface area contributed by atoms with Crippen LogP contribution < -0.4 is 10.1 Å². The number of aliphatic hydroxyl groups is 1. The highest BCUT2D eigenvalue weighted by atomic mass is 35.5. The highest BCUT2D eigenvalue weighted by Crippen LogP contribution is 2.17. The van der Waals surface area contributed by atoms with Crippen molar-refractivity contribution >= 4 is 12.4 Å². The number of hydrogen-bond donors (Lipinski definition) is 2. The number of benzene rings is 1. The maximum Gasteiger partial charge on any atom is 0.119 e. The fourth-order valence-corrected chi connectivity index (χ4v) is 2.75. The van der Waals surface area contributed by atoms with Gasteiger partial charge in [-0.05, 0) is 37.0 Å². The van der Waals surface area contributed by atoms with E-state index in [4.69, 9.17) is 9.47 Å². The Bertz CT molecular complexity index is 407. The van der Waals surface area contributed by atoms with Gasteiger partial charge in [0, 0.05) is 12.6 Å². The molecule has 0 heterocycles. The van der Waals surface area contributed by atoms with Crippen molar-refractivity contribution in [2.24, 2.45) is 0 Å². The average Bonchev–Trinajstić information content (AvgIpc) is 3.06. The first-order chi connectivity index (χ1) is 10.8. The van der Waals surface area contributed by atoms with Gasteiger partial charge in [0.2, 0.25) is 0 Å². The predicted octanol–water partition coefficient (Wildman–Crippen LogP) is 2.96. The molecule has 1 aromatic carbocycles. The van der Waals surface area contributed by atoms with Gasteiger partial charge in [0.15, 0.2) is 0 Å². The smallest absolute Gasteiger partial charge is 0.119 e. The largest absolute Gasteiger partial charge is 0.491 e. The molecule has 1 aliphatic carbocycles. The first-order valence-corrected chi connectivity index (χ1v) is 8.49. The molecule has 1 aromatic rings. The molecule has 132 valence electrons. The maximum absolute atomic E-state index is 9.86. The van der Waals surface area contributed by atoms with Gasteiger partial charge in [0.25, 0.3) is 0 Å². The monoisotopic (exact) mass is 343 g/mol. The first-order valence-electron chi connectivity index (χ1n) is 8.49. The van der Waals surface area contributed by atoms with E-state index in [2.05, 4.69) is 24.4 Å². The minimum atomic E-state index is -0.440. The predicted molar refractivity (Wildman–Crippen MR) is 95.6 cm³/mol. The third-order valence-electron chi connectivity index (χ3n) is 4.14. The summed E-state index contributed by atoms with van der Waals surface area (Å²) in [5, 5.41) is 13.3. The number of hydrogen-bond acceptors (Lipinski definition) is 4. The zero-order valence-corrected chi connectivity index (χ0v) is 14.8. The lowest BCUT2D eigenvalue weighted by molar-refractivity contribution is 0.0241. The van der Waals surface area contributed by atoms with E-state index in [1.165, 1.54) is 31.2 Å². The molecule has 2 N–H and O–H groups in total. The Hall–Kier alpha value is -0.810. The molecule has 1 aliphatic rings. The molecule has 4 nitrogen and oxygen atoms in total. The van der Waals surface area contributed by atoms with Gasteiger partial charge in [-0.3, -0.25) is 0 Å². The lowest BCUT2D eigenvalue weighted by atomic mass is 10.2. The summed E-state index contributed by atoms with van der Waals surface area (Å²) >= 11 is 0. The van der Waals surface area contributed by atoms with Crippen molar-refractivity contribution in [3.8, 4) is 5.75 Å². The van der Waals surface area contributed by atoms with Gasteiger partial charge >= 0.3 is 0 Å². The molecule has 23 heavy (non-hydrogen) atoms. The van der Waals surface area contributed by atoms with E-state index in [0.717, 1.165) is 12.2 Å². The summed E-state index contributed by atoms with van der Waals surface area (Å²) in [6, 6.07) is 8.71. The Kier molecular flexibility index (Phi) is 10.3. The van der Waals surface area contributed by atoms with Gasteiger partial charge in [-0.2, -0.15) is 0 Å². The third-order valence-corrected chi connectivity index (χ3v) is 4.14. The fraction of sp³-hybridized carbons (Fsp3) is 0.667. The zero-order valence-electron chi connectivity index (χ0n) is 14.0. The van der Waals surface area contributed by atoms with Gasteiger partial charge in [0.05, 0.1) is 19.3 Å². The van der Waals surface area contributed by atoms with Crippen molar-refractivity contribution in [3.63, 3.8) is 0 Å². The molecular formula is C18H30ClNO3. The summed E-state index contributed by atoms with van der Waals surface area (Å²) in [7, 11) is 0. The lowest BCUT2D eigenvalue weighted by Gasteiger charge is -2.16. The van der Waals surface area contributed by atoms with Gasteiger partial charge in [-0.25, -0.2) is 0 Å². The molecule has 0 bridgehead atoms. The van der Waals surface area contributed by atoms with Gasteiger partial charge in [-0.1, -0.05) is 31.9 Å². The van der Waals surface area contributed by atoms with Crippen LogP contribution in [0.4, 0.5) is 0 Å². The van der Waals surface area contributed by atoms with Crippen LogP contribution in [0.2, 0.25) is 0 Å². The van der Waals surface area contributed by atoms with Gasteiger partial charge in [-0.15, -0.1) is 12.4 Å². The number of aliphatic hydroxyl groups excluding tert-OH is 1. The van der Waals surface area contributed by atoms with Gasteiger partial charge < -0.3 is 19.9 Å². The molecule has 1 saturated carbocycles. The summed E-state index contributed by atoms with van der Waals surface area (Å²) in [5.74, 6) is 0.865. The molecule has 0 amide bonds. The van der Waals surface area contributed by atoms with Crippen molar-refractivity contribution in [2.45, 2.75) is 51.2 Å². The van der Waals surface area contributed by atoms with E-state index in [1.807, 2.05) is 12.1 Å². The topological polar surface area (TPSA) is 50.7 Å². The summed E-state index contributed by atoms with van der Waals surface area (Å²) in [4.78, 5) is 0. The summed E-state index contributed by atoms with van der Waals surface area (Å²) in [5.41, 5.74) is 1.31. The molecule has 0 aliphatic heterocycles. The highest BCUT2D eigenvalue weighted by molar-refractivity contribution is 5.85. The molecule has 0 spiro atoms. The molecule has 1 atom stereocenters. The first kappa shape index (κ1) is 20.2. The fourth-order valence-electron chi connectivity index (χ4n) is 2.75. The third kappa shape index (κ3) is 8.02. The molecule has 0 aromatic heterocycles. The summed E-state index contributed by atoms with van der Waals surface area (Å²) in [6.07, 6.45) is 5.68. The van der Waals surface area contributed by atoms with Crippen molar-refractivity contribution in [1.29, 1.82) is 0 Å². The van der Waals surface area contributed by atoms with E-state index in [-0.39, 0.29) is 12.4 Å². The van der Waals surface area contributed by atoms with E-state index in [9.17, 15) is 5.11 Å². The molecule has 1 fully saturated rings. The van der Waals surface area contributed by atoms with Crippen molar-refractivity contribution in [1.82, 2.24) is 5.32 Å². The number of nitrogens with one attached hydrogen (secondary N) is 1. The number of halogens is 1. The lowest BCUT2D eigenvalue weighted by Crippen LogP contribution is -2.36. The molecular weight excluding hydrogens is 314 g/mol. The summed E-state index contributed by atoms with van der Waals surface area (Å²) < 4.78 is 11.1. The van der Waals surface area contributed by atoms with Crippen LogP contribution in [0.1, 0.15) is 38.2 Å². The average molecular weight is 344 g/mol. The van der Waals surface area contributed by atoms with Crippen LogP contribution in [0.3, 0.4) is 0 Å². The van der Waals surface area contributed by atoms with Crippen LogP contribution in [0.5, 0.6) is 5.75 Å². The molecule has 0 saturated heterocycles. The quantitative estimate of drug-likeness (QED) is 0.641. The molecule has 5 heteroatoms. The Labute approximate surface area is 146 Å². The van der Waals surface area contributed by atoms with E-state index in [1.54, 1.807) is 0 Å². The van der Waals surface area contributed by atoms with E-state index < -0.39 is 6.10 Å². The Morgan fingerprint density at radius 2 is 1.87 bits per heavy atom. The maximum atomic E-state index is 9.86. The minimum Gasteiger partial charge on any atom is -0.491 e. The molecule has 2 rings (SSSR count). The van der Waals surface area contributed by atoms with Crippen molar-refractivity contribution < 1.29 is 14.6 Å². The summed E-state index contributed by atoms with van der Waals surface area (Å²) in [6.45, 7) is 4.11. The zero-order chi connectivity index (χ0) is 15.6. The SMILES string of the molecule is CCc1ccc(OCCOCC(O)CNC2CCCC2)cc1.Cl. The van der Waals surface area contributed by atoms with Crippen molar-refractivity contribution in [2.75, 3.05) is 26.4 Å². The minimum absolute atomic E-state index is 0. The second-order valence-corrected chi connectivity index (χ2v) is 5.96. The normalized spacial score (nSPS) is 16.1. The van der Waals surface area contributed by atoms with E-state index in [0.29, 0.717) is 32.4 Å². The molecule has 0 radical (unpaired) electrons.